The summed E-state index contributed by atoms with van der Waals surface area (Å²) in [6.45, 7) is 1.84. The van der Waals surface area contributed by atoms with Gasteiger partial charge < -0.3 is 46.0 Å². The second-order valence-corrected chi connectivity index (χ2v) is 13.9. The van der Waals surface area contributed by atoms with Crippen molar-refractivity contribution in [3.8, 4) is 0 Å². The smallest absolute Gasteiger partial charge is 0.480 e. The lowest BCUT2D eigenvalue weighted by Crippen LogP contribution is -2.46. The summed E-state index contributed by atoms with van der Waals surface area (Å²) in [6.07, 6.45) is 3.37. The number of aliphatic imine (C=N–C) groups is 1. The molecule has 2 amide bonds. The second kappa shape index (κ2) is 26.5. The highest BCUT2D eigenvalue weighted by Gasteiger charge is 2.24. The number of carbonyl (C=O) groups excluding carboxylic acids is 2. The van der Waals surface area contributed by atoms with Crippen molar-refractivity contribution in [3.05, 3.63) is 40.9 Å². The van der Waals surface area contributed by atoms with E-state index in [0.717, 1.165) is 20.7 Å². The molecule has 1 aliphatic heterocycles. The zero-order valence-corrected chi connectivity index (χ0v) is 33.6. The van der Waals surface area contributed by atoms with Gasteiger partial charge >= 0.3 is 37.2 Å². The Hall–Kier alpha value is -5.56. The minimum atomic E-state index is -2.83. The Morgan fingerprint density at radius 1 is 0.650 bits per heavy atom. The molecular formula is C36H54BF2N9O12. The summed E-state index contributed by atoms with van der Waals surface area (Å²) < 4.78 is 28.8. The average Bonchev–Trinajstić information content (AvgIpc) is 3.69. The van der Waals surface area contributed by atoms with Gasteiger partial charge in [0, 0.05) is 89.0 Å². The predicted molar refractivity (Wildman–Crippen MR) is 214 cm³/mol. The number of halogens is 2. The molecular weight excluding hydrogens is 799 g/mol. The quantitative estimate of drug-likeness (QED) is 0.0299. The first-order chi connectivity index (χ1) is 28.3. The maximum atomic E-state index is 14.0. The van der Waals surface area contributed by atoms with Crippen LogP contribution in [0.2, 0.25) is 0 Å². The Kier molecular flexibility index (Phi) is 22.4. The number of carbonyl (C=O) groups is 7. The Labute approximate surface area is 345 Å². The molecule has 0 aliphatic carbocycles. The van der Waals surface area contributed by atoms with Crippen LogP contribution in [-0.2, 0) is 40.0 Å². The van der Waals surface area contributed by atoms with Gasteiger partial charge in [-0.05, 0) is 50.1 Å². The highest BCUT2D eigenvalue weighted by atomic mass is 19.2. The zero-order valence-electron chi connectivity index (χ0n) is 33.6. The van der Waals surface area contributed by atoms with Crippen LogP contribution in [0.25, 0.3) is 6.08 Å². The molecule has 332 valence electrons. The first-order valence-corrected chi connectivity index (χ1v) is 19.0. The van der Waals surface area contributed by atoms with E-state index in [-0.39, 0.29) is 96.2 Å². The fourth-order valence-corrected chi connectivity index (χ4v) is 6.13. The van der Waals surface area contributed by atoms with Crippen LogP contribution in [0.15, 0.2) is 34.5 Å². The van der Waals surface area contributed by atoms with Gasteiger partial charge in [0.05, 0.1) is 45.0 Å². The Morgan fingerprint density at radius 2 is 1.10 bits per heavy atom. The van der Waals surface area contributed by atoms with E-state index in [9.17, 15) is 57.5 Å². The molecule has 0 fully saturated rings. The molecule has 0 aromatic carbocycles. The number of rotatable bonds is 32. The molecule has 60 heavy (non-hydrogen) atoms. The monoisotopic (exact) mass is 853 g/mol. The number of allylic oxidation sites excluding steroid dienone is 2. The molecule has 1 aromatic rings. The molecule has 2 heterocycles. The average molecular weight is 854 g/mol. The Balaban J connectivity index is 1.78. The summed E-state index contributed by atoms with van der Waals surface area (Å²) in [5, 5.41) is 54.4. The number of carboxylic acids is 5. The van der Waals surface area contributed by atoms with Crippen molar-refractivity contribution < 1.29 is 67.7 Å². The van der Waals surface area contributed by atoms with Gasteiger partial charge in [-0.2, -0.15) is 0 Å². The standard InChI is InChI=1S/C36H54BF2N9O12/c1-25-17-26(2)43-29(25)18-28-4-3-27(48(28)37(38)39)5-6-30(49)41-7-8-42-31(50)19-46(22-34(55)56)12-10-40-9-11-44(20-32(51)52)13-14-45(21-33(53)54)15-16-47(23-35(57)58)24-36(59)60/h3-4,17-18,40H,5-16,19-24H2,1-2H3,(H,41,49)(H,42,50)(H,51,52)(H,53,54)(H,55,56)(H,57,58)(H,59,60)/b29-18-. The van der Waals surface area contributed by atoms with Crippen LogP contribution >= 0.6 is 0 Å². The van der Waals surface area contributed by atoms with E-state index in [0.29, 0.717) is 5.70 Å². The van der Waals surface area contributed by atoms with Gasteiger partial charge in [0.25, 0.3) is 0 Å². The molecule has 1 aromatic heterocycles. The van der Waals surface area contributed by atoms with Crippen molar-refractivity contribution in [3.63, 3.8) is 0 Å². The van der Waals surface area contributed by atoms with E-state index in [1.54, 1.807) is 12.1 Å². The van der Waals surface area contributed by atoms with Gasteiger partial charge in [-0.3, -0.25) is 66.8 Å². The lowest BCUT2D eigenvalue weighted by atomic mass is 10.1. The van der Waals surface area contributed by atoms with E-state index in [1.807, 2.05) is 19.9 Å². The summed E-state index contributed by atoms with van der Waals surface area (Å²) in [5.41, 5.74) is 2.73. The van der Waals surface area contributed by atoms with E-state index < -0.39 is 81.8 Å². The van der Waals surface area contributed by atoms with Crippen LogP contribution in [0, 0.1) is 0 Å². The molecule has 21 nitrogen and oxygen atoms in total. The van der Waals surface area contributed by atoms with Crippen molar-refractivity contribution in [1.82, 2.24) is 40.0 Å². The highest BCUT2D eigenvalue weighted by molar-refractivity contribution is 6.41. The van der Waals surface area contributed by atoms with Gasteiger partial charge in [-0.1, -0.05) is 0 Å². The van der Waals surface area contributed by atoms with E-state index >= 15 is 0 Å². The van der Waals surface area contributed by atoms with Crippen LogP contribution in [0.1, 0.15) is 31.7 Å². The minimum absolute atomic E-state index is 0.00357. The number of hydrogen-bond donors (Lipinski definition) is 8. The number of amides is 2. The second-order valence-electron chi connectivity index (χ2n) is 13.9. The number of carboxylic acid groups (broad SMARTS) is 5. The van der Waals surface area contributed by atoms with Crippen molar-refractivity contribution in [1.29, 1.82) is 0 Å². The number of aromatic nitrogens is 1. The third-order valence-electron chi connectivity index (χ3n) is 8.85. The van der Waals surface area contributed by atoms with Crippen molar-refractivity contribution in [2.45, 2.75) is 26.7 Å². The van der Waals surface area contributed by atoms with Crippen molar-refractivity contribution in [2.24, 2.45) is 4.99 Å². The van der Waals surface area contributed by atoms with Gasteiger partial charge in [0.2, 0.25) is 11.8 Å². The summed E-state index contributed by atoms with van der Waals surface area (Å²) in [6, 6.07) is 3.07. The molecule has 1 aliphatic rings. The number of hydrogen-bond acceptors (Lipinski definition) is 13. The third-order valence-corrected chi connectivity index (χ3v) is 8.85. The summed E-state index contributed by atoms with van der Waals surface area (Å²) in [7, 11) is -2.83. The molecule has 0 bridgehead atoms. The SMILES string of the molecule is CC1=CC(C)=N/C1=C\c1ccc(CCC(=O)NCCNC(=O)CN(CCNCCN(CCN(CCN(CC(=O)O)CC(=O)O)CC(=O)O)CC(=O)O)CC(=O)O)n1B(F)F. The van der Waals surface area contributed by atoms with Crippen molar-refractivity contribution >= 4 is 60.9 Å². The maximum Gasteiger partial charge on any atom is 0.677 e. The predicted octanol–water partition coefficient (Wildman–Crippen LogP) is -1.59. The van der Waals surface area contributed by atoms with Crippen LogP contribution in [0.4, 0.5) is 8.63 Å². The minimum Gasteiger partial charge on any atom is -0.480 e. The van der Waals surface area contributed by atoms with Crippen LogP contribution < -0.4 is 16.0 Å². The van der Waals surface area contributed by atoms with E-state index in [2.05, 4.69) is 20.9 Å². The molecule has 0 spiro atoms. The molecule has 0 radical (unpaired) electrons. The summed E-state index contributed by atoms with van der Waals surface area (Å²) >= 11 is 0. The van der Waals surface area contributed by atoms with Crippen LogP contribution in [-0.4, -0.2) is 209 Å². The third kappa shape index (κ3) is 20.9. The summed E-state index contributed by atoms with van der Waals surface area (Å²) in [5.74, 6) is -6.96. The van der Waals surface area contributed by atoms with Gasteiger partial charge in [-0.25, -0.2) is 0 Å². The topological polar surface area (TPSA) is 287 Å². The number of nitrogens with one attached hydrogen (secondary N) is 3. The highest BCUT2D eigenvalue weighted by Crippen LogP contribution is 2.23. The fourth-order valence-electron chi connectivity index (χ4n) is 6.13. The molecule has 8 N–H and O–H groups in total. The number of aliphatic carboxylic acids is 5. The lowest BCUT2D eigenvalue weighted by Gasteiger charge is -2.28. The van der Waals surface area contributed by atoms with Crippen LogP contribution in [0.5, 0.6) is 0 Å². The normalized spacial score (nSPS) is 13.2. The largest absolute Gasteiger partial charge is 0.677 e. The maximum absolute atomic E-state index is 14.0. The van der Waals surface area contributed by atoms with Crippen LogP contribution in [0.3, 0.4) is 0 Å². The zero-order chi connectivity index (χ0) is 44.8. The molecule has 2 rings (SSSR count). The molecule has 0 unspecified atom stereocenters. The molecule has 0 atom stereocenters. The van der Waals surface area contributed by atoms with Crippen molar-refractivity contribution in [2.75, 3.05) is 105 Å². The molecule has 24 heteroatoms. The van der Waals surface area contributed by atoms with E-state index in [4.69, 9.17) is 10.2 Å². The Bertz CT molecular complexity index is 1740. The van der Waals surface area contributed by atoms with Gasteiger partial charge in [0.15, 0.2) is 0 Å². The lowest BCUT2D eigenvalue weighted by molar-refractivity contribution is -0.143. The molecule has 0 saturated heterocycles. The fraction of sp³-hybridized carbons (Fsp3) is 0.556. The Morgan fingerprint density at radius 3 is 1.58 bits per heavy atom. The first kappa shape index (κ1) is 50.6. The number of nitrogens with zero attached hydrogens (tertiary/aromatic N) is 6. The van der Waals surface area contributed by atoms with Gasteiger partial charge in [0.1, 0.15) is 0 Å². The van der Waals surface area contributed by atoms with E-state index in [1.165, 1.54) is 20.8 Å². The molecule has 0 saturated carbocycles. The number of aryl methyl sites for hydroxylation is 1. The van der Waals surface area contributed by atoms with Gasteiger partial charge in [-0.15, -0.1) is 0 Å². The first-order valence-electron chi connectivity index (χ1n) is 19.0. The summed E-state index contributed by atoms with van der Waals surface area (Å²) in [4.78, 5) is 91.4.